The van der Waals surface area contributed by atoms with Crippen LogP contribution in [0.2, 0.25) is 0 Å². The number of rotatable bonds is 5. The first kappa shape index (κ1) is 18.8. The number of methoxy groups -OCH3 is 1. The van der Waals surface area contributed by atoms with Crippen molar-refractivity contribution in [1.82, 2.24) is 5.32 Å². The van der Waals surface area contributed by atoms with Crippen molar-refractivity contribution in [3.8, 4) is 5.75 Å². The molecule has 0 saturated carbocycles. The van der Waals surface area contributed by atoms with E-state index in [1.807, 2.05) is 13.8 Å². The number of benzene rings is 1. The summed E-state index contributed by atoms with van der Waals surface area (Å²) < 4.78 is 10.5. The van der Waals surface area contributed by atoms with Gasteiger partial charge in [-0.25, -0.2) is 4.79 Å². The van der Waals surface area contributed by atoms with Gasteiger partial charge in [-0.05, 0) is 38.8 Å². The van der Waals surface area contributed by atoms with Gasteiger partial charge in [-0.2, -0.15) is 0 Å². The summed E-state index contributed by atoms with van der Waals surface area (Å²) in [6.45, 7) is 3.65. The smallest absolute Gasteiger partial charge is 0.341 e. The van der Waals surface area contributed by atoms with E-state index in [0.29, 0.717) is 18.5 Å². The van der Waals surface area contributed by atoms with Gasteiger partial charge < -0.3 is 20.1 Å². The van der Waals surface area contributed by atoms with E-state index in [1.165, 1.54) is 7.11 Å². The van der Waals surface area contributed by atoms with Crippen molar-refractivity contribution in [3.63, 3.8) is 0 Å². The lowest BCUT2D eigenvalue weighted by Gasteiger charge is -2.20. The van der Waals surface area contributed by atoms with Crippen molar-refractivity contribution in [2.45, 2.75) is 51.7 Å². The second-order valence-electron chi connectivity index (χ2n) is 6.20. The Morgan fingerprint density at radius 3 is 2.72 bits per heavy atom. The molecule has 25 heavy (non-hydrogen) atoms. The van der Waals surface area contributed by atoms with E-state index in [0.717, 1.165) is 12.8 Å². The SMILES string of the molecule is COC(=O)c1cccc(NC(=O)[C@H]2CCCCC(=O)N2)c1OC(C)C. The maximum absolute atomic E-state index is 12.6. The Morgan fingerprint density at radius 1 is 1.28 bits per heavy atom. The summed E-state index contributed by atoms with van der Waals surface area (Å²) in [5.41, 5.74) is 0.610. The highest BCUT2D eigenvalue weighted by Crippen LogP contribution is 2.31. The molecule has 2 N–H and O–H groups in total. The summed E-state index contributed by atoms with van der Waals surface area (Å²) >= 11 is 0. The minimum Gasteiger partial charge on any atom is -0.488 e. The molecule has 2 rings (SSSR count). The van der Waals surface area contributed by atoms with Gasteiger partial charge in [0.05, 0.1) is 18.9 Å². The minimum absolute atomic E-state index is 0.125. The summed E-state index contributed by atoms with van der Waals surface area (Å²) in [6, 6.07) is 4.28. The molecular formula is C18H24N2O5. The molecule has 1 atom stereocenters. The first-order valence-corrected chi connectivity index (χ1v) is 8.40. The van der Waals surface area contributed by atoms with Crippen LogP contribution in [0, 0.1) is 0 Å². The number of hydrogen-bond donors (Lipinski definition) is 2. The fourth-order valence-corrected chi connectivity index (χ4v) is 2.66. The maximum Gasteiger partial charge on any atom is 0.341 e. The standard InChI is InChI=1S/C18H24N2O5/c1-11(2)25-16-12(18(23)24-3)7-6-9-13(16)20-17(22)14-8-4-5-10-15(21)19-14/h6-7,9,11,14H,4-5,8,10H2,1-3H3,(H,19,21)(H,20,22)/t14-/m1/s1. The Labute approximate surface area is 147 Å². The zero-order chi connectivity index (χ0) is 18.4. The lowest BCUT2D eigenvalue weighted by Crippen LogP contribution is -2.42. The van der Waals surface area contributed by atoms with Crippen LogP contribution >= 0.6 is 0 Å². The van der Waals surface area contributed by atoms with E-state index in [1.54, 1.807) is 18.2 Å². The van der Waals surface area contributed by atoms with Gasteiger partial charge >= 0.3 is 5.97 Å². The third kappa shape index (κ3) is 4.95. The zero-order valence-corrected chi connectivity index (χ0v) is 14.8. The highest BCUT2D eigenvalue weighted by Gasteiger charge is 2.25. The van der Waals surface area contributed by atoms with Crippen molar-refractivity contribution in [2.75, 3.05) is 12.4 Å². The average Bonchev–Trinajstić information content (AvgIpc) is 2.79. The van der Waals surface area contributed by atoms with Crippen LogP contribution in [0.1, 0.15) is 49.9 Å². The topological polar surface area (TPSA) is 93.7 Å². The molecule has 0 unspecified atom stereocenters. The number of ether oxygens (including phenoxy) is 2. The molecule has 1 aliphatic rings. The van der Waals surface area contributed by atoms with Gasteiger partial charge in [-0.15, -0.1) is 0 Å². The van der Waals surface area contributed by atoms with Crippen LogP contribution in [-0.2, 0) is 14.3 Å². The lowest BCUT2D eigenvalue weighted by atomic mass is 10.1. The van der Waals surface area contributed by atoms with Crippen molar-refractivity contribution >= 4 is 23.5 Å². The highest BCUT2D eigenvalue weighted by molar-refractivity contribution is 6.01. The van der Waals surface area contributed by atoms with Crippen molar-refractivity contribution < 1.29 is 23.9 Å². The van der Waals surface area contributed by atoms with Crippen LogP contribution in [0.5, 0.6) is 5.75 Å². The fourth-order valence-electron chi connectivity index (χ4n) is 2.66. The monoisotopic (exact) mass is 348 g/mol. The van der Waals surface area contributed by atoms with Crippen LogP contribution in [0.25, 0.3) is 0 Å². The molecule has 0 aromatic heterocycles. The molecule has 0 spiro atoms. The Balaban J connectivity index is 2.26. The molecule has 0 aliphatic carbocycles. The third-order valence-electron chi connectivity index (χ3n) is 3.83. The van der Waals surface area contributed by atoms with E-state index in [2.05, 4.69) is 10.6 Å². The average molecular weight is 348 g/mol. The third-order valence-corrected chi connectivity index (χ3v) is 3.83. The molecular weight excluding hydrogens is 324 g/mol. The molecule has 2 amide bonds. The largest absolute Gasteiger partial charge is 0.488 e. The van der Waals surface area contributed by atoms with E-state index in [4.69, 9.17) is 9.47 Å². The van der Waals surface area contributed by atoms with Gasteiger partial charge in [0.15, 0.2) is 5.75 Å². The molecule has 7 nitrogen and oxygen atoms in total. The molecule has 7 heteroatoms. The van der Waals surface area contributed by atoms with Gasteiger partial charge in [0, 0.05) is 6.42 Å². The molecule has 1 aromatic rings. The normalized spacial score (nSPS) is 17.4. The van der Waals surface area contributed by atoms with Crippen LogP contribution in [0.15, 0.2) is 18.2 Å². The van der Waals surface area contributed by atoms with Gasteiger partial charge in [-0.3, -0.25) is 9.59 Å². The number of carbonyl (C=O) groups is 3. The van der Waals surface area contributed by atoms with Gasteiger partial charge in [0.25, 0.3) is 0 Å². The summed E-state index contributed by atoms with van der Waals surface area (Å²) in [5.74, 6) is -0.738. The van der Waals surface area contributed by atoms with Crippen LogP contribution < -0.4 is 15.4 Å². The minimum atomic E-state index is -0.594. The van der Waals surface area contributed by atoms with Crippen molar-refractivity contribution in [2.24, 2.45) is 0 Å². The quantitative estimate of drug-likeness (QED) is 0.796. The summed E-state index contributed by atoms with van der Waals surface area (Å²) in [5, 5.41) is 5.49. The summed E-state index contributed by atoms with van der Waals surface area (Å²) in [6.07, 6.45) is 2.39. The van der Waals surface area contributed by atoms with E-state index >= 15 is 0 Å². The second-order valence-corrected chi connectivity index (χ2v) is 6.20. The Hall–Kier alpha value is -2.57. The number of esters is 1. The fraction of sp³-hybridized carbons (Fsp3) is 0.500. The Bertz CT molecular complexity index is 657. The Kier molecular flexibility index (Phi) is 6.38. The first-order valence-electron chi connectivity index (χ1n) is 8.40. The van der Waals surface area contributed by atoms with Gasteiger partial charge in [0.2, 0.25) is 11.8 Å². The molecule has 1 fully saturated rings. The van der Waals surface area contributed by atoms with E-state index in [-0.39, 0.29) is 29.2 Å². The molecule has 136 valence electrons. The lowest BCUT2D eigenvalue weighted by molar-refractivity contribution is -0.126. The Morgan fingerprint density at radius 2 is 2.04 bits per heavy atom. The predicted octanol–water partition coefficient (Wildman–Crippen LogP) is 2.26. The molecule has 0 bridgehead atoms. The first-order chi connectivity index (χ1) is 11.9. The van der Waals surface area contributed by atoms with Crippen LogP contribution in [-0.4, -0.2) is 37.0 Å². The molecule has 0 radical (unpaired) electrons. The highest BCUT2D eigenvalue weighted by atomic mass is 16.5. The van der Waals surface area contributed by atoms with E-state index < -0.39 is 12.0 Å². The number of carbonyl (C=O) groups excluding carboxylic acids is 3. The van der Waals surface area contributed by atoms with Crippen LogP contribution in [0.3, 0.4) is 0 Å². The predicted molar refractivity (Wildman–Crippen MR) is 92.6 cm³/mol. The second kappa shape index (κ2) is 8.50. The molecule has 1 aromatic carbocycles. The number of hydrogen-bond acceptors (Lipinski definition) is 5. The molecule has 1 heterocycles. The van der Waals surface area contributed by atoms with E-state index in [9.17, 15) is 14.4 Å². The maximum atomic E-state index is 12.6. The molecule has 1 saturated heterocycles. The van der Waals surface area contributed by atoms with Gasteiger partial charge in [-0.1, -0.05) is 12.5 Å². The zero-order valence-electron chi connectivity index (χ0n) is 14.8. The van der Waals surface area contributed by atoms with Crippen molar-refractivity contribution in [3.05, 3.63) is 23.8 Å². The number of anilines is 1. The summed E-state index contributed by atoms with van der Waals surface area (Å²) in [7, 11) is 1.29. The van der Waals surface area contributed by atoms with Gasteiger partial charge in [0.1, 0.15) is 11.6 Å². The number of para-hydroxylation sites is 1. The van der Waals surface area contributed by atoms with Crippen LogP contribution in [0.4, 0.5) is 5.69 Å². The molecule has 1 aliphatic heterocycles. The van der Waals surface area contributed by atoms with Crippen molar-refractivity contribution in [1.29, 1.82) is 0 Å². The number of nitrogens with one attached hydrogen (secondary N) is 2. The number of amides is 2. The summed E-state index contributed by atoms with van der Waals surface area (Å²) in [4.78, 5) is 36.2.